The van der Waals surface area contributed by atoms with Crippen LogP contribution in [0.25, 0.3) is 0 Å². The quantitative estimate of drug-likeness (QED) is 0.805. The normalized spacial score (nSPS) is 9.78. The molecule has 3 N–H and O–H groups in total. The average molecular weight is 238 g/mol. The Morgan fingerprint density at radius 3 is 2.83 bits per heavy atom. The topological polar surface area (TPSA) is 74.7 Å². The molecule has 0 aliphatic rings. The van der Waals surface area contributed by atoms with Crippen molar-refractivity contribution in [3.63, 3.8) is 0 Å². The van der Waals surface area contributed by atoms with E-state index in [1.165, 1.54) is 0 Å². The molecule has 2 rings (SSSR count). The summed E-state index contributed by atoms with van der Waals surface area (Å²) in [5, 5.41) is 12.0. The van der Waals surface area contributed by atoms with Gasteiger partial charge < -0.3 is 11.1 Å². The fourth-order valence-corrected chi connectivity index (χ4v) is 1.67. The Labute approximate surface area is 106 Å². The number of pyridine rings is 1. The predicted octanol–water partition coefficient (Wildman–Crippen LogP) is 2.46. The number of aromatic nitrogens is 1. The van der Waals surface area contributed by atoms with Crippen molar-refractivity contribution in [1.82, 2.24) is 4.98 Å². The molecule has 0 saturated carbocycles. The summed E-state index contributed by atoms with van der Waals surface area (Å²) < 4.78 is 0. The van der Waals surface area contributed by atoms with Gasteiger partial charge in [0.05, 0.1) is 23.5 Å². The zero-order chi connectivity index (χ0) is 13.0. The van der Waals surface area contributed by atoms with Crippen LogP contribution in [0.2, 0.25) is 0 Å². The van der Waals surface area contributed by atoms with Gasteiger partial charge in [-0.1, -0.05) is 6.07 Å². The van der Waals surface area contributed by atoms with Crippen LogP contribution in [-0.2, 0) is 6.54 Å². The molecule has 0 bridgehead atoms. The van der Waals surface area contributed by atoms with Crippen molar-refractivity contribution < 1.29 is 0 Å². The molecule has 0 atom stereocenters. The van der Waals surface area contributed by atoms with E-state index in [1.54, 1.807) is 12.1 Å². The molecule has 18 heavy (non-hydrogen) atoms. The highest BCUT2D eigenvalue weighted by Crippen LogP contribution is 2.17. The van der Waals surface area contributed by atoms with Gasteiger partial charge in [-0.15, -0.1) is 0 Å². The highest BCUT2D eigenvalue weighted by atomic mass is 14.9. The van der Waals surface area contributed by atoms with Gasteiger partial charge in [0.15, 0.2) is 0 Å². The van der Waals surface area contributed by atoms with Gasteiger partial charge in [0.25, 0.3) is 0 Å². The number of nitrogen functional groups attached to an aromatic ring is 1. The van der Waals surface area contributed by atoms with E-state index in [2.05, 4.69) is 10.3 Å². The van der Waals surface area contributed by atoms with Gasteiger partial charge in [0.2, 0.25) is 0 Å². The lowest BCUT2D eigenvalue weighted by Crippen LogP contribution is -2.03. The number of rotatable bonds is 3. The average Bonchev–Trinajstić information content (AvgIpc) is 2.37. The first-order valence-corrected chi connectivity index (χ1v) is 5.65. The highest BCUT2D eigenvalue weighted by Gasteiger charge is 2.00. The van der Waals surface area contributed by atoms with Gasteiger partial charge in [-0.2, -0.15) is 5.26 Å². The van der Waals surface area contributed by atoms with Crippen LogP contribution in [0.4, 0.5) is 11.4 Å². The van der Waals surface area contributed by atoms with Crippen molar-refractivity contribution in [2.24, 2.45) is 0 Å². The van der Waals surface area contributed by atoms with E-state index in [1.807, 2.05) is 37.3 Å². The molecule has 1 heterocycles. The van der Waals surface area contributed by atoms with E-state index in [0.29, 0.717) is 17.8 Å². The third-order valence-electron chi connectivity index (χ3n) is 2.59. The second-order valence-electron chi connectivity index (χ2n) is 4.04. The van der Waals surface area contributed by atoms with E-state index < -0.39 is 0 Å². The van der Waals surface area contributed by atoms with Crippen LogP contribution in [0.15, 0.2) is 36.4 Å². The molecule has 0 radical (unpaired) electrons. The van der Waals surface area contributed by atoms with Crippen LogP contribution in [0.5, 0.6) is 0 Å². The molecule has 0 aliphatic carbocycles. The summed E-state index contributed by atoms with van der Waals surface area (Å²) in [5.41, 5.74) is 9.58. The first kappa shape index (κ1) is 11.9. The summed E-state index contributed by atoms with van der Waals surface area (Å²) in [6.07, 6.45) is 0. The maximum absolute atomic E-state index is 8.79. The fourth-order valence-electron chi connectivity index (χ4n) is 1.67. The minimum Gasteiger partial charge on any atom is -0.398 e. The van der Waals surface area contributed by atoms with Gasteiger partial charge in [-0.25, -0.2) is 0 Å². The molecule has 0 fully saturated rings. The Kier molecular flexibility index (Phi) is 3.44. The lowest BCUT2D eigenvalue weighted by molar-refractivity contribution is 1.02. The lowest BCUT2D eigenvalue weighted by atomic mass is 10.2. The maximum Gasteiger partial charge on any atom is 0.101 e. The van der Waals surface area contributed by atoms with Gasteiger partial charge in [0.1, 0.15) is 6.07 Å². The van der Waals surface area contributed by atoms with Crippen molar-refractivity contribution in [1.29, 1.82) is 5.26 Å². The zero-order valence-corrected chi connectivity index (χ0v) is 10.1. The summed E-state index contributed by atoms with van der Waals surface area (Å²) in [5.74, 6) is 0. The number of anilines is 2. The summed E-state index contributed by atoms with van der Waals surface area (Å²) in [4.78, 5) is 4.40. The molecule has 1 aromatic carbocycles. The van der Waals surface area contributed by atoms with E-state index in [9.17, 15) is 0 Å². The van der Waals surface area contributed by atoms with Crippen LogP contribution < -0.4 is 11.1 Å². The number of nitrogens with zero attached hydrogens (tertiary/aromatic N) is 2. The second-order valence-corrected chi connectivity index (χ2v) is 4.04. The first-order valence-electron chi connectivity index (χ1n) is 5.65. The van der Waals surface area contributed by atoms with Crippen molar-refractivity contribution in [2.75, 3.05) is 11.1 Å². The van der Waals surface area contributed by atoms with Crippen molar-refractivity contribution in [3.05, 3.63) is 53.3 Å². The van der Waals surface area contributed by atoms with E-state index >= 15 is 0 Å². The number of nitriles is 1. The van der Waals surface area contributed by atoms with Crippen LogP contribution >= 0.6 is 0 Å². The standard InChI is InChI=1S/C14H14N4/c1-10-3-2-4-13(18-10)9-17-12-6-5-11(8-15)14(16)7-12/h2-7,17H,9,16H2,1H3. The number of nitrogens with two attached hydrogens (primary N) is 1. The number of aryl methyl sites for hydroxylation is 1. The van der Waals surface area contributed by atoms with Gasteiger partial charge in [-0.3, -0.25) is 4.98 Å². The molecule has 0 aliphatic heterocycles. The Morgan fingerprint density at radius 1 is 1.33 bits per heavy atom. The SMILES string of the molecule is Cc1cccc(CNc2ccc(C#N)c(N)c2)n1. The van der Waals surface area contributed by atoms with E-state index in [0.717, 1.165) is 17.1 Å². The van der Waals surface area contributed by atoms with Crippen molar-refractivity contribution >= 4 is 11.4 Å². The first-order chi connectivity index (χ1) is 8.69. The van der Waals surface area contributed by atoms with Crippen LogP contribution in [-0.4, -0.2) is 4.98 Å². The molecule has 4 nitrogen and oxygen atoms in total. The molecule has 0 saturated heterocycles. The molecule has 2 aromatic rings. The molecule has 4 heteroatoms. The maximum atomic E-state index is 8.79. The zero-order valence-electron chi connectivity index (χ0n) is 10.1. The molecule has 1 aromatic heterocycles. The van der Waals surface area contributed by atoms with E-state index in [4.69, 9.17) is 11.0 Å². The van der Waals surface area contributed by atoms with Gasteiger partial charge in [0, 0.05) is 11.4 Å². The molecule has 0 unspecified atom stereocenters. The van der Waals surface area contributed by atoms with E-state index in [-0.39, 0.29) is 0 Å². The monoisotopic (exact) mass is 238 g/mol. The third kappa shape index (κ3) is 2.77. The van der Waals surface area contributed by atoms with Gasteiger partial charge in [-0.05, 0) is 37.3 Å². The fraction of sp³-hybridized carbons (Fsp3) is 0.143. The minimum absolute atomic E-state index is 0.486. The molecule has 0 amide bonds. The minimum atomic E-state index is 0.486. The summed E-state index contributed by atoms with van der Waals surface area (Å²) in [6.45, 7) is 2.59. The van der Waals surface area contributed by atoms with Crippen molar-refractivity contribution in [3.8, 4) is 6.07 Å². The lowest BCUT2D eigenvalue weighted by Gasteiger charge is -2.07. The van der Waals surface area contributed by atoms with Crippen LogP contribution in [0.3, 0.4) is 0 Å². The summed E-state index contributed by atoms with van der Waals surface area (Å²) in [7, 11) is 0. The van der Waals surface area contributed by atoms with Crippen molar-refractivity contribution in [2.45, 2.75) is 13.5 Å². The summed E-state index contributed by atoms with van der Waals surface area (Å²) >= 11 is 0. The Hall–Kier alpha value is -2.54. The Bertz CT molecular complexity index is 599. The largest absolute Gasteiger partial charge is 0.398 e. The second kappa shape index (κ2) is 5.19. The smallest absolute Gasteiger partial charge is 0.101 e. The third-order valence-corrected chi connectivity index (χ3v) is 2.59. The van der Waals surface area contributed by atoms with Gasteiger partial charge >= 0.3 is 0 Å². The molecule has 90 valence electrons. The Morgan fingerprint density at radius 2 is 2.17 bits per heavy atom. The number of nitrogens with one attached hydrogen (secondary N) is 1. The molecular weight excluding hydrogens is 224 g/mol. The predicted molar refractivity (Wildman–Crippen MR) is 71.9 cm³/mol. The molecular formula is C14H14N4. The number of benzene rings is 1. The van der Waals surface area contributed by atoms with Crippen LogP contribution in [0, 0.1) is 18.3 Å². The van der Waals surface area contributed by atoms with Crippen LogP contribution in [0.1, 0.15) is 17.0 Å². The summed E-state index contributed by atoms with van der Waals surface area (Å²) in [6, 6.07) is 13.2. The molecule has 0 spiro atoms. The number of hydrogen-bond acceptors (Lipinski definition) is 4. The highest BCUT2D eigenvalue weighted by molar-refractivity contribution is 5.62. The number of hydrogen-bond donors (Lipinski definition) is 2. The Balaban J connectivity index is 2.07.